The maximum Gasteiger partial charge on any atom is 0.194 e. The van der Waals surface area contributed by atoms with Crippen molar-refractivity contribution in [3.8, 4) is 0 Å². The Morgan fingerprint density at radius 3 is 2.82 bits per heavy atom. The van der Waals surface area contributed by atoms with Crippen molar-refractivity contribution in [3.05, 3.63) is 63.8 Å². The molecular weight excluding hydrogens is 276 g/mol. The molecule has 0 bridgehead atoms. The molecule has 0 aromatic heterocycles. The molecular formula is C19H16O3. The Morgan fingerprint density at radius 1 is 1.18 bits per heavy atom. The number of carbonyl (C=O) groups excluding carboxylic acids is 2. The van der Waals surface area contributed by atoms with Crippen molar-refractivity contribution >= 4 is 17.6 Å². The zero-order valence-electron chi connectivity index (χ0n) is 12.3. The van der Waals surface area contributed by atoms with Crippen LogP contribution in [-0.2, 0) is 17.6 Å². The van der Waals surface area contributed by atoms with E-state index in [1.54, 1.807) is 12.2 Å². The number of allylic oxidation sites excluding steroid dienone is 5. The SMILES string of the molecule is C[C@@]1(O)CCc2ccc3c(c2C1)C=C1C(=O)C=CC=C1C3=O. The fraction of sp³-hybridized carbons (Fsp3) is 0.263. The average Bonchev–Trinajstić information content (AvgIpc) is 2.48. The van der Waals surface area contributed by atoms with Crippen LogP contribution in [0.1, 0.15) is 40.4 Å². The van der Waals surface area contributed by atoms with Crippen LogP contribution >= 0.6 is 0 Å². The molecule has 110 valence electrons. The van der Waals surface area contributed by atoms with Gasteiger partial charge in [-0.1, -0.05) is 24.3 Å². The van der Waals surface area contributed by atoms with Crippen LogP contribution in [-0.4, -0.2) is 22.3 Å². The molecule has 3 aliphatic carbocycles. The minimum atomic E-state index is -0.754. The van der Waals surface area contributed by atoms with Crippen LogP contribution in [0.3, 0.4) is 0 Å². The minimum absolute atomic E-state index is 0.0989. The van der Waals surface area contributed by atoms with Crippen molar-refractivity contribution in [3.63, 3.8) is 0 Å². The summed E-state index contributed by atoms with van der Waals surface area (Å²) in [6.07, 6.45) is 8.67. The molecule has 1 aromatic carbocycles. The lowest BCUT2D eigenvalue weighted by Gasteiger charge is -2.33. The number of rotatable bonds is 0. The molecule has 1 N–H and O–H groups in total. The maximum atomic E-state index is 12.7. The summed E-state index contributed by atoms with van der Waals surface area (Å²) in [5.41, 5.74) is 3.82. The topological polar surface area (TPSA) is 54.4 Å². The number of fused-ring (bicyclic) bond motifs is 4. The highest BCUT2D eigenvalue weighted by atomic mass is 16.3. The van der Waals surface area contributed by atoms with Gasteiger partial charge in [0.05, 0.1) is 5.60 Å². The first-order valence-electron chi connectivity index (χ1n) is 7.53. The highest BCUT2D eigenvalue weighted by Gasteiger charge is 2.34. The molecule has 0 saturated carbocycles. The Balaban J connectivity index is 1.96. The van der Waals surface area contributed by atoms with Gasteiger partial charge in [-0.15, -0.1) is 0 Å². The second-order valence-corrected chi connectivity index (χ2v) is 6.53. The van der Waals surface area contributed by atoms with Gasteiger partial charge in [-0.3, -0.25) is 9.59 Å². The van der Waals surface area contributed by atoms with Crippen molar-refractivity contribution in [2.75, 3.05) is 0 Å². The van der Waals surface area contributed by atoms with Gasteiger partial charge in [0.25, 0.3) is 0 Å². The van der Waals surface area contributed by atoms with Crippen LogP contribution in [0.15, 0.2) is 41.5 Å². The number of carbonyl (C=O) groups is 2. The van der Waals surface area contributed by atoms with Gasteiger partial charge in [-0.2, -0.15) is 0 Å². The molecule has 4 rings (SSSR count). The van der Waals surface area contributed by atoms with E-state index in [1.165, 1.54) is 11.6 Å². The summed E-state index contributed by atoms with van der Waals surface area (Å²) in [5.74, 6) is -0.227. The molecule has 0 saturated heterocycles. The van der Waals surface area contributed by atoms with Gasteiger partial charge >= 0.3 is 0 Å². The van der Waals surface area contributed by atoms with Crippen LogP contribution in [0, 0.1) is 0 Å². The largest absolute Gasteiger partial charge is 0.390 e. The van der Waals surface area contributed by atoms with Crippen LogP contribution in [0.2, 0.25) is 0 Å². The van der Waals surface area contributed by atoms with E-state index in [1.807, 2.05) is 25.1 Å². The smallest absolute Gasteiger partial charge is 0.194 e. The molecule has 1 aromatic rings. The Labute approximate surface area is 128 Å². The first-order valence-corrected chi connectivity index (χ1v) is 7.53. The third-order valence-corrected chi connectivity index (χ3v) is 4.79. The van der Waals surface area contributed by atoms with Crippen molar-refractivity contribution in [1.82, 2.24) is 0 Å². The predicted octanol–water partition coefficient (Wildman–Crippen LogP) is 2.57. The number of hydrogen-bond acceptors (Lipinski definition) is 3. The Kier molecular flexibility index (Phi) is 2.66. The van der Waals surface area contributed by atoms with E-state index in [2.05, 4.69) is 0 Å². The molecule has 1 atom stereocenters. The quantitative estimate of drug-likeness (QED) is 0.799. The lowest BCUT2D eigenvalue weighted by molar-refractivity contribution is -0.111. The van der Waals surface area contributed by atoms with Gasteiger partial charge in [0.1, 0.15) is 0 Å². The Bertz CT molecular complexity index is 819. The van der Waals surface area contributed by atoms with Gasteiger partial charge in [0.15, 0.2) is 11.6 Å². The van der Waals surface area contributed by atoms with E-state index in [-0.39, 0.29) is 11.6 Å². The van der Waals surface area contributed by atoms with Crippen molar-refractivity contribution in [2.45, 2.75) is 31.8 Å². The van der Waals surface area contributed by atoms with Gasteiger partial charge in [0.2, 0.25) is 0 Å². The molecule has 3 aliphatic rings. The molecule has 0 amide bonds. The summed E-state index contributed by atoms with van der Waals surface area (Å²) in [4.78, 5) is 24.8. The second-order valence-electron chi connectivity index (χ2n) is 6.53. The number of benzene rings is 1. The van der Waals surface area contributed by atoms with Crippen LogP contribution < -0.4 is 0 Å². The van der Waals surface area contributed by atoms with Crippen LogP contribution in [0.5, 0.6) is 0 Å². The van der Waals surface area contributed by atoms with E-state index in [0.29, 0.717) is 23.1 Å². The fourth-order valence-corrected chi connectivity index (χ4v) is 3.57. The summed E-state index contributed by atoms with van der Waals surface area (Å²) >= 11 is 0. The monoisotopic (exact) mass is 292 g/mol. The Morgan fingerprint density at radius 2 is 2.00 bits per heavy atom. The zero-order valence-corrected chi connectivity index (χ0v) is 12.3. The lowest BCUT2D eigenvalue weighted by atomic mass is 9.74. The highest BCUT2D eigenvalue weighted by Crippen LogP contribution is 2.38. The molecule has 0 fully saturated rings. The number of ketones is 2. The summed E-state index contributed by atoms with van der Waals surface area (Å²) in [6.45, 7) is 1.83. The fourth-order valence-electron chi connectivity index (χ4n) is 3.57. The molecule has 3 heteroatoms. The normalized spacial score (nSPS) is 25.9. The number of hydrogen-bond donors (Lipinski definition) is 1. The van der Waals surface area contributed by atoms with E-state index in [0.717, 1.165) is 24.0 Å². The molecule has 0 heterocycles. The summed E-state index contributed by atoms with van der Waals surface area (Å²) in [5, 5.41) is 10.4. The van der Waals surface area contributed by atoms with E-state index < -0.39 is 5.60 Å². The van der Waals surface area contributed by atoms with Crippen LogP contribution in [0.25, 0.3) is 6.08 Å². The molecule has 3 nitrogen and oxygen atoms in total. The minimum Gasteiger partial charge on any atom is -0.390 e. The van der Waals surface area contributed by atoms with Gasteiger partial charge < -0.3 is 5.11 Å². The van der Waals surface area contributed by atoms with E-state index in [4.69, 9.17) is 0 Å². The van der Waals surface area contributed by atoms with Gasteiger partial charge in [-0.05, 0) is 48.6 Å². The summed E-state index contributed by atoms with van der Waals surface area (Å²) < 4.78 is 0. The van der Waals surface area contributed by atoms with Gasteiger partial charge in [-0.25, -0.2) is 0 Å². The lowest BCUT2D eigenvalue weighted by Crippen LogP contribution is -2.33. The third kappa shape index (κ3) is 1.86. The standard InChI is InChI=1S/C19H16O3/c1-19(22)8-7-11-5-6-13-14(16(11)10-19)9-15-12(18(13)21)3-2-4-17(15)20/h2-6,9,22H,7-8,10H2,1H3/t19-/m1/s1. The van der Waals surface area contributed by atoms with Gasteiger partial charge in [0, 0.05) is 23.1 Å². The molecule has 0 unspecified atom stereocenters. The second kappa shape index (κ2) is 4.37. The molecule has 0 spiro atoms. The average molecular weight is 292 g/mol. The van der Waals surface area contributed by atoms with Crippen molar-refractivity contribution < 1.29 is 14.7 Å². The number of Topliss-reactive ketones (excluding diaryl/α,β-unsaturated/α-hetero) is 1. The van der Waals surface area contributed by atoms with Crippen molar-refractivity contribution in [1.29, 1.82) is 0 Å². The number of aryl methyl sites for hydroxylation is 1. The number of aliphatic hydroxyl groups is 1. The first kappa shape index (κ1) is 13.4. The van der Waals surface area contributed by atoms with Crippen LogP contribution in [0.4, 0.5) is 0 Å². The van der Waals surface area contributed by atoms with Crippen molar-refractivity contribution in [2.24, 2.45) is 0 Å². The summed E-state index contributed by atoms with van der Waals surface area (Å²) in [7, 11) is 0. The Hall–Kier alpha value is -2.26. The first-order chi connectivity index (χ1) is 10.5. The van der Waals surface area contributed by atoms with E-state index in [9.17, 15) is 14.7 Å². The van der Waals surface area contributed by atoms with E-state index >= 15 is 0 Å². The third-order valence-electron chi connectivity index (χ3n) is 4.79. The zero-order chi connectivity index (χ0) is 15.5. The summed E-state index contributed by atoms with van der Waals surface area (Å²) in [6, 6.07) is 3.84. The molecule has 0 radical (unpaired) electrons. The molecule has 22 heavy (non-hydrogen) atoms. The maximum absolute atomic E-state index is 12.7. The molecule has 0 aliphatic heterocycles. The predicted molar refractivity (Wildman–Crippen MR) is 83.6 cm³/mol. The highest BCUT2D eigenvalue weighted by molar-refractivity contribution is 6.27.